The summed E-state index contributed by atoms with van der Waals surface area (Å²) in [6.07, 6.45) is 16.2. The number of aliphatic hydroxyl groups excluding tert-OH is 4. The molecule has 11 atom stereocenters. The van der Waals surface area contributed by atoms with Crippen molar-refractivity contribution in [2.75, 3.05) is 25.6 Å². The fourth-order valence-electron chi connectivity index (χ4n) is 8.15. The van der Waals surface area contributed by atoms with Crippen LogP contribution in [0.25, 0.3) is 0 Å². The number of hydrogen-bond acceptors (Lipinski definition) is 18. The van der Waals surface area contributed by atoms with Gasteiger partial charge in [-0.05, 0) is 70.3 Å². The molecule has 0 radical (unpaired) electrons. The molecule has 1 aromatic rings. The number of cyclic esters (lactones) is 1. The van der Waals surface area contributed by atoms with E-state index in [0.29, 0.717) is 44.9 Å². The first kappa shape index (κ1) is 63.6. The van der Waals surface area contributed by atoms with Crippen LogP contribution < -0.4 is 11.4 Å². The van der Waals surface area contributed by atoms with Crippen molar-refractivity contribution in [2.24, 2.45) is 11.8 Å². The zero-order valence-electron chi connectivity index (χ0n) is 42.4. The zero-order valence-corrected chi connectivity index (χ0v) is 44.2. The van der Waals surface area contributed by atoms with E-state index in [0.717, 1.165) is 49.3 Å². The Morgan fingerprint density at radius 2 is 1.49 bits per heavy atom. The molecule has 414 valence electrons. The van der Waals surface area contributed by atoms with Crippen LogP contribution in [-0.4, -0.2) is 114 Å². The van der Waals surface area contributed by atoms with Crippen LogP contribution in [0.2, 0.25) is 0 Å². The zero-order chi connectivity index (χ0) is 53.7. The Bertz CT molecular complexity index is 2080. The lowest BCUT2D eigenvalue weighted by atomic mass is 9.83. The van der Waals surface area contributed by atoms with E-state index in [1.165, 1.54) is 37.5 Å². The minimum atomic E-state index is -5.72. The normalized spacial score (nSPS) is 29.5. The molecule has 2 unspecified atom stereocenters. The van der Waals surface area contributed by atoms with E-state index in [-0.39, 0.29) is 31.5 Å². The number of nitrogens with zero attached hydrogens (tertiary/aromatic N) is 2. The molecular weight excluding hydrogens is 993 g/mol. The van der Waals surface area contributed by atoms with Gasteiger partial charge in [-0.1, -0.05) is 114 Å². The second-order valence-corrected chi connectivity index (χ2v) is 21.5. The van der Waals surface area contributed by atoms with Gasteiger partial charge in [0.2, 0.25) is 0 Å². The van der Waals surface area contributed by atoms with E-state index in [4.69, 9.17) is 29.0 Å². The quantitative estimate of drug-likeness (QED) is 0.0262. The summed E-state index contributed by atoms with van der Waals surface area (Å²) < 4.78 is 58.8. The number of nitrogen functional groups attached to an aromatic ring is 1. The summed E-state index contributed by atoms with van der Waals surface area (Å²) in [4.78, 5) is 78.3. The van der Waals surface area contributed by atoms with Gasteiger partial charge in [-0.2, -0.15) is 9.29 Å². The minimum absolute atomic E-state index is 0.00763. The number of carbonyl (C=O) groups excluding carboxylic acids is 3. The molecule has 0 spiro atoms. The highest BCUT2D eigenvalue weighted by Gasteiger charge is 2.45. The number of ketones is 1. The molecule has 73 heavy (non-hydrogen) atoms. The predicted molar refractivity (Wildman–Crippen MR) is 271 cm³/mol. The molecule has 23 heteroatoms. The number of aliphatic hydroxyl groups is 4. The third-order valence-corrected chi connectivity index (χ3v) is 14.9. The maximum Gasteiger partial charge on any atom is 0.481 e. The Labute approximate surface area is 429 Å². The molecular formula is C50H81N3O18P2. The van der Waals surface area contributed by atoms with Crippen molar-refractivity contribution in [3.63, 3.8) is 0 Å². The molecule has 2 bridgehead atoms. The first-order chi connectivity index (χ1) is 34.9. The van der Waals surface area contributed by atoms with Crippen LogP contribution in [0.5, 0.6) is 0 Å². The van der Waals surface area contributed by atoms with Crippen molar-refractivity contribution in [3.8, 4) is 0 Å². The number of phosphoric acid groups is 2. The summed E-state index contributed by atoms with van der Waals surface area (Å²) in [5.41, 5.74) is 4.75. The summed E-state index contributed by atoms with van der Waals surface area (Å²) in [6.45, 7) is 1.42. The monoisotopic (exact) mass is 1070 g/mol. The van der Waals surface area contributed by atoms with E-state index < -0.39 is 120 Å². The Morgan fingerprint density at radius 1 is 0.863 bits per heavy atom. The van der Waals surface area contributed by atoms with Gasteiger partial charge in [-0.25, -0.2) is 13.9 Å². The predicted octanol–water partition coefficient (Wildman–Crippen LogP) is 7.14. The van der Waals surface area contributed by atoms with Gasteiger partial charge in [0.1, 0.15) is 36.6 Å². The standard InChI is InChI=1S/C50H81N3O18P2/c1-3-5-7-8-9-10-11-12-13-14-15-16-17-18-23-27-45(57)66-34-38-35-67-72(62,63)71-73(64,65)68-36-43-48(60)47(59)39(30-29-37(54)25-21-6-4-2)41(55)33-42(56)40(26-22-19-20-24-28-46(58)69-38)49(70-43)53-32-31-44(51)52-50(53)61/h9-10,12-13,15-16,29-32,37-41,43,47-49,54-55,59-60H,3-8,11,14,17-28,33-36H2,1-2H3,(H,62,63)(H,64,65)(H2,51,52,61)/b10-9-,13-12-,16-15-,30-29-/t37-,38+,39-,40-,41+,43+,47-,48+,49+/m0/s1. The molecule has 3 heterocycles. The number of ether oxygens (including phenoxy) is 3. The number of fused-ring (bicyclic) bond motifs is 3. The minimum Gasteiger partial charge on any atom is -0.462 e. The van der Waals surface area contributed by atoms with Crippen molar-refractivity contribution in [2.45, 2.75) is 192 Å². The summed E-state index contributed by atoms with van der Waals surface area (Å²) in [5.74, 6) is -4.98. The highest BCUT2D eigenvalue weighted by atomic mass is 31.3. The first-order valence-electron chi connectivity index (χ1n) is 25.8. The van der Waals surface area contributed by atoms with Gasteiger partial charge in [-0.15, -0.1) is 0 Å². The van der Waals surface area contributed by atoms with E-state index in [1.807, 2.05) is 19.1 Å². The van der Waals surface area contributed by atoms with Crippen molar-refractivity contribution < 1.29 is 81.3 Å². The maximum atomic E-state index is 14.3. The topological polar surface area (TPSA) is 323 Å². The van der Waals surface area contributed by atoms with Crippen LogP contribution in [0.4, 0.5) is 5.82 Å². The van der Waals surface area contributed by atoms with Gasteiger partial charge >= 0.3 is 33.3 Å². The average Bonchev–Trinajstić information content (AvgIpc) is 3.33. The van der Waals surface area contributed by atoms with Gasteiger partial charge in [0.05, 0.1) is 37.4 Å². The molecule has 0 amide bonds. The van der Waals surface area contributed by atoms with Crippen LogP contribution in [0.15, 0.2) is 65.7 Å². The molecule has 0 saturated carbocycles. The second kappa shape index (κ2) is 34.8. The van der Waals surface area contributed by atoms with Gasteiger partial charge in [0.15, 0.2) is 6.10 Å². The van der Waals surface area contributed by atoms with Crippen molar-refractivity contribution in [3.05, 3.63) is 71.4 Å². The van der Waals surface area contributed by atoms with E-state index in [2.05, 4.69) is 40.5 Å². The second-order valence-electron chi connectivity index (χ2n) is 18.4. The molecule has 3 rings (SSSR count). The Balaban J connectivity index is 1.78. The number of anilines is 1. The molecule has 2 aliphatic heterocycles. The average molecular weight is 1070 g/mol. The van der Waals surface area contributed by atoms with E-state index in [1.54, 1.807) is 0 Å². The SMILES string of the molecule is CCCCC/C=C\C/C=C\C/C=C\CCCCC(=O)OC[C@@H]1COP(=O)(O)OP(=O)(O)OC[C@H]2O[C@@H](n3ccc(N)nc3=O)[C@@H](CCCCCCC(=O)O1)C(=O)C[C@@H](O)[C@H](/C=C\[C@@H](O)CCCCC)[C@H](O)[C@@H]2O. The Morgan fingerprint density at radius 3 is 2.16 bits per heavy atom. The molecule has 8 N–H and O–H groups in total. The fourth-order valence-corrected chi connectivity index (χ4v) is 10.3. The Kier molecular flexibility index (Phi) is 30.3. The number of aromatic nitrogens is 2. The van der Waals surface area contributed by atoms with Crippen molar-refractivity contribution >= 4 is 39.2 Å². The largest absolute Gasteiger partial charge is 0.481 e. The lowest BCUT2D eigenvalue weighted by molar-refractivity contribution is -0.184. The van der Waals surface area contributed by atoms with E-state index >= 15 is 0 Å². The van der Waals surface area contributed by atoms with Gasteiger partial charge in [-0.3, -0.25) is 28.0 Å². The van der Waals surface area contributed by atoms with Gasteiger partial charge in [0, 0.05) is 31.4 Å². The van der Waals surface area contributed by atoms with Crippen LogP contribution in [0.1, 0.15) is 155 Å². The summed E-state index contributed by atoms with van der Waals surface area (Å²) in [5, 5.41) is 45.5. The van der Waals surface area contributed by atoms with Gasteiger partial charge in [0.25, 0.3) is 0 Å². The van der Waals surface area contributed by atoms with Crippen LogP contribution in [0, 0.1) is 11.8 Å². The number of hydrogen-bond donors (Lipinski definition) is 7. The molecule has 0 aliphatic carbocycles. The molecule has 2 saturated heterocycles. The third-order valence-electron chi connectivity index (χ3n) is 12.3. The third kappa shape index (κ3) is 25.6. The van der Waals surface area contributed by atoms with Crippen molar-refractivity contribution in [1.82, 2.24) is 9.55 Å². The Hall–Kier alpha value is -3.69. The smallest absolute Gasteiger partial charge is 0.462 e. The van der Waals surface area contributed by atoms with Crippen LogP contribution >= 0.6 is 15.6 Å². The van der Waals surface area contributed by atoms with Crippen LogP contribution in [0.3, 0.4) is 0 Å². The molecule has 2 fully saturated rings. The number of nitrogens with two attached hydrogens (primary N) is 1. The van der Waals surface area contributed by atoms with Gasteiger partial charge < -0.3 is 50.2 Å². The number of Topliss-reactive ketones (excluding diaryl/α,β-unsaturated/α-hetero) is 1. The first-order valence-corrected chi connectivity index (χ1v) is 28.7. The number of rotatable bonds is 22. The molecule has 2 aliphatic rings. The number of phosphoric ester groups is 2. The molecule has 0 aromatic carbocycles. The number of unbranched alkanes of at least 4 members (excludes halogenated alkanes) is 7. The highest BCUT2D eigenvalue weighted by molar-refractivity contribution is 7.61. The van der Waals surface area contributed by atoms with Crippen LogP contribution in [-0.2, 0) is 51.1 Å². The molecule has 21 nitrogen and oxygen atoms in total. The van der Waals surface area contributed by atoms with E-state index in [9.17, 15) is 58.5 Å². The lowest BCUT2D eigenvalue weighted by Gasteiger charge is -2.38. The fraction of sp³-hybridized carbons (Fsp3) is 0.700. The lowest BCUT2D eigenvalue weighted by Crippen LogP contribution is -2.51. The number of allylic oxidation sites excluding steroid dienone is 6. The number of esters is 2. The molecule has 1 aromatic heterocycles. The highest BCUT2D eigenvalue weighted by Crippen LogP contribution is 2.60. The summed E-state index contributed by atoms with van der Waals surface area (Å²) in [7, 11) is -11.3. The number of carbonyl (C=O) groups is 3. The summed E-state index contributed by atoms with van der Waals surface area (Å²) >= 11 is 0. The summed E-state index contributed by atoms with van der Waals surface area (Å²) in [6, 6.07) is 1.23. The maximum absolute atomic E-state index is 14.3. The van der Waals surface area contributed by atoms with Crippen molar-refractivity contribution in [1.29, 1.82) is 0 Å².